The highest BCUT2D eigenvalue weighted by molar-refractivity contribution is 5.85. The molecule has 0 aromatic carbocycles. The van der Waals surface area contributed by atoms with Crippen LogP contribution in [0.5, 0.6) is 0 Å². The number of ether oxygens (including phenoxy) is 2. The minimum atomic E-state index is -0.688. The minimum Gasteiger partial charge on any atom is -0.381 e. The van der Waals surface area contributed by atoms with Gasteiger partial charge in [0.1, 0.15) is 0 Å². The van der Waals surface area contributed by atoms with Crippen molar-refractivity contribution in [1.29, 1.82) is 0 Å². The number of nitrogens with zero attached hydrogens (tertiary/aromatic N) is 3. The molecular weight excluding hydrogens is 282 g/mol. The van der Waals surface area contributed by atoms with Gasteiger partial charge in [-0.05, 0) is 18.9 Å². The van der Waals surface area contributed by atoms with E-state index in [4.69, 9.17) is 9.47 Å². The van der Waals surface area contributed by atoms with E-state index in [1.54, 1.807) is 7.11 Å². The summed E-state index contributed by atoms with van der Waals surface area (Å²) < 4.78 is 13.0. The summed E-state index contributed by atoms with van der Waals surface area (Å²) in [5.41, 5.74) is 0.517. The number of aromatic nitrogens is 2. The van der Waals surface area contributed by atoms with Crippen LogP contribution in [0.25, 0.3) is 0 Å². The maximum atomic E-state index is 13.0. The molecule has 122 valence electrons. The normalized spacial score (nSPS) is 25.2. The summed E-state index contributed by atoms with van der Waals surface area (Å²) in [5, 5.41) is 4.25. The van der Waals surface area contributed by atoms with Crippen molar-refractivity contribution in [2.75, 3.05) is 33.4 Å². The summed E-state index contributed by atoms with van der Waals surface area (Å²) in [6, 6.07) is 2.05. The Morgan fingerprint density at radius 3 is 2.86 bits per heavy atom. The lowest BCUT2D eigenvalue weighted by Crippen LogP contribution is -2.55. The van der Waals surface area contributed by atoms with E-state index in [2.05, 4.69) is 11.2 Å². The van der Waals surface area contributed by atoms with E-state index in [0.717, 1.165) is 25.9 Å². The number of hydrogen-bond donors (Lipinski definition) is 0. The highest BCUT2D eigenvalue weighted by Gasteiger charge is 2.44. The van der Waals surface area contributed by atoms with E-state index in [0.29, 0.717) is 32.0 Å². The lowest BCUT2D eigenvalue weighted by Gasteiger charge is -2.41. The number of likely N-dealkylation sites (tertiary alicyclic amines) is 1. The molecule has 0 bridgehead atoms. The van der Waals surface area contributed by atoms with Gasteiger partial charge in [-0.2, -0.15) is 5.10 Å². The van der Waals surface area contributed by atoms with Gasteiger partial charge >= 0.3 is 0 Å². The molecule has 2 aliphatic heterocycles. The van der Waals surface area contributed by atoms with Crippen LogP contribution in [-0.4, -0.2) is 59.6 Å². The maximum Gasteiger partial charge on any atom is 0.255 e. The van der Waals surface area contributed by atoms with Gasteiger partial charge in [-0.1, -0.05) is 0 Å². The van der Waals surface area contributed by atoms with E-state index >= 15 is 0 Å². The molecule has 1 atom stereocenters. The van der Waals surface area contributed by atoms with Gasteiger partial charge in [0.15, 0.2) is 5.60 Å². The summed E-state index contributed by atoms with van der Waals surface area (Å²) in [4.78, 5) is 15.0. The number of carbonyl (C=O) groups is 1. The second-order valence-corrected chi connectivity index (χ2v) is 6.28. The summed E-state index contributed by atoms with van der Waals surface area (Å²) in [6.07, 6.45) is 5.25. The standard InChI is InChI=1S/C16H25N3O3/c1-18-14(5-8-17-18)13-4-3-9-19(12-13)15(20)16(21-2)6-10-22-11-7-16/h5,8,13H,3-4,6-7,9-12H2,1-2H3. The molecule has 0 radical (unpaired) electrons. The second-order valence-electron chi connectivity index (χ2n) is 6.28. The number of amides is 1. The van der Waals surface area contributed by atoms with Gasteiger partial charge in [0.05, 0.1) is 0 Å². The Balaban J connectivity index is 1.73. The highest BCUT2D eigenvalue weighted by Crippen LogP contribution is 2.32. The van der Waals surface area contributed by atoms with Crippen LogP contribution in [0.4, 0.5) is 0 Å². The Kier molecular flexibility index (Phi) is 4.49. The SMILES string of the molecule is COC1(C(=O)N2CCCC(c3ccnn3C)C2)CCOCC1. The zero-order valence-corrected chi connectivity index (χ0v) is 13.5. The summed E-state index contributed by atoms with van der Waals surface area (Å²) in [7, 11) is 3.61. The van der Waals surface area contributed by atoms with Crippen molar-refractivity contribution < 1.29 is 14.3 Å². The van der Waals surface area contributed by atoms with E-state index < -0.39 is 5.60 Å². The fourth-order valence-electron chi connectivity index (χ4n) is 3.68. The van der Waals surface area contributed by atoms with Gasteiger partial charge in [0.25, 0.3) is 5.91 Å². The van der Waals surface area contributed by atoms with Crippen molar-refractivity contribution in [3.63, 3.8) is 0 Å². The molecule has 22 heavy (non-hydrogen) atoms. The van der Waals surface area contributed by atoms with Crippen molar-refractivity contribution in [2.24, 2.45) is 7.05 Å². The van der Waals surface area contributed by atoms with E-state index in [9.17, 15) is 4.79 Å². The maximum absolute atomic E-state index is 13.0. The molecule has 6 heteroatoms. The van der Waals surface area contributed by atoms with E-state index in [-0.39, 0.29) is 5.91 Å². The van der Waals surface area contributed by atoms with Crippen LogP contribution in [0.2, 0.25) is 0 Å². The third-order valence-electron chi connectivity index (χ3n) is 5.07. The van der Waals surface area contributed by atoms with Gasteiger partial charge in [-0.15, -0.1) is 0 Å². The topological polar surface area (TPSA) is 56.6 Å². The molecular formula is C16H25N3O3. The molecule has 0 aliphatic carbocycles. The van der Waals surface area contributed by atoms with Crippen LogP contribution in [0.3, 0.4) is 0 Å². The molecule has 6 nitrogen and oxygen atoms in total. The smallest absolute Gasteiger partial charge is 0.255 e. The summed E-state index contributed by atoms with van der Waals surface area (Å²) in [6.45, 7) is 2.76. The molecule has 0 spiro atoms. The number of rotatable bonds is 3. The predicted molar refractivity (Wildman–Crippen MR) is 81.6 cm³/mol. The summed E-state index contributed by atoms with van der Waals surface area (Å²) >= 11 is 0. The highest BCUT2D eigenvalue weighted by atomic mass is 16.5. The molecule has 1 aromatic heterocycles. The van der Waals surface area contributed by atoms with Crippen molar-refractivity contribution >= 4 is 5.91 Å². The lowest BCUT2D eigenvalue weighted by molar-refractivity contribution is -0.167. The summed E-state index contributed by atoms with van der Waals surface area (Å²) in [5.74, 6) is 0.490. The predicted octanol–water partition coefficient (Wildman–Crippen LogP) is 1.32. The van der Waals surface area contributed by atoms with Crippen LogP contribution < -0.4 is 0 Å². The quantitative estimate of drug-likeness (QED) is 0.845. The molecule has 0 N–H and O–H groups in total. The minimum absolute atomic E-state index is 0.130. The fraction of sp³-hybridized carbons (Fsp3) is 0.750. The first-order valence-corrected chi connectivity index (χ1v) is 8.06. The van der Waals surface area contributed by atoms with Crippen molar-refractivity contribution in [1.82, 2.24) is 14.7 Å². The average molecular weight is 307 g/mol. The molecule has 2 saturated heterocycles. The lowest BCUT2D eigenvalue weighted by atomic mass is 9.89. The zero-order chi connectivity index (χ0) is 15.6. The number of piperidine rings is 1. The second kappa shape index (κ2) is 6.38. The van der Waals surface area contributed by atoms with Crippen molar-refractivity contribution in [3.8, 4) is 0 Å². The molecule has 1 unspecified atom stereocenters. The van der Waals surface area contributed by atoms with Crippen molar-refractivity contribution in [2.45, 2.75) is 37.2 Å². The van der Waals surface area contributed by atoms with Crippen molar-refractivity contribution in [3.05, 3.63) is 18.0 Å². The molecule has 0 saturated carbocycles. The Hall–Kier alpha value is -1.40. The third kappa shape index (κ3) is 2.77. The first kappa shape index (κ1) is 15.5. The number of hydrogen-bond acceptors (Lipinski definition) is 4. The molecule has 1 aromatic rings. The number of methoxy groups -OCH3 is 1. The van der Waals surface area contributed by atoms with Gasteiger partial charge in [0.2, 0.25) is 0 Å². The molecule has 3 rings (SSSR count). The Bertz CT molecular complexity index is 522. The van der Waals surface area contributed by atoms with Crippen LogP contribution in [0.15, 0.2) is 12.3 Å². The first-order chi connectivity index (χ1) is 10.7. The largest absolute Gasteiger partial charge is 0.381 e. The Labute approximate surface area is 131 Å². The molecule has 2 aliphatic rings. The van der Waals surface area contributed by atoms with E-state index in [1.165, 1.54) is 5.69 Å². The zero-order valence-electron chi connectivity index (χ0n) is 13.5. The number of carbonyl (C=O) groups excluding carboxylic acids is 1. The third-order valence-corrected chi connectivity index (χ3v) is 5.07. The molecule has 2 fully saturated rings. The van der Waals surface area contributed by atoms with Crippen LogP contribution in [0.1, 0.15) is 37.3 Å². The Morgan fingerprint density at radius 2 is 2.23 bits per heavy atom. The molecule has 1 amide bonds. The van der Waals surface area contributed by atoms with Crippen LogP contribution in [-0.2, 0) is 21.3 Å². The molecule has 3 heterocycles. The monoisotopic (exact) mass is 307 g/mol. The Morgan fingerprint density at radius 1 is 1.45 bits per heavy atom. The average Bonchev–Trinajstić information content (AvgIpc) is 3.01. The van der Waals surface area contributed by atoms with E-state index in [1.807, 2.05) is 22.8 Å². The van der Waals surface area contributed by atoms with Gasteiger partial charge < -0.3 is 14.4 Å². The van der Waals surface area contributed by atoms with Crippen LogP contribution >= 0.6 is 0 Å². The van der Waals surface area contributed by atoms with Gasteiger partial charge in [-0.25, -0.2) is 0 Å². The fourth-order valence-corrected chi connectivity index (χ4v) is 3.68. The first-order valence-electron chi connectivity index (χ1n) is 8.06. The van der Waals surface area contributed by atoms with Gasteiger partial charge in [0, 0.05) is 71.1 Å². The number of aryl methyl sites for hydroxylation is 1. The van der Waals surface area contributed by atoms with Crippen LogP contribution in [0, 0.1) is 0 Å². The van der Waals surface area contributed by atoms with Gasteiger partial charge in [-0.3, -0.25) is 9.48 Å².